The van der Waals surface area contributed by atoms with Crippen LogP contribution in [0.25, 0.3) is 0 Å². The number of carboxylic acids is 1. The largest absolute Gasteiger partial charge is 0.481 e. The first-order chi connectivity index (χ1) is 18.2. The summed E-state index contributed by atoms with van der Waals surface area (Å²) in [5.41, 5.74) is 0. The van der Waals surface area contributed by atoms with Gasteiger partial charge in [0.15, 0.2) is 0 Å². The number of rotatable bonds is 31. The molecule has 0 aliphatic carbocycles. The number of aliphatic hydroxyl groups is 1. The van der Waals surface area contributed by atoms with E-state index in [0.717, 1.165) is 0 Å². The van der Waals surface area contributed by atoms with Crippen LogP contribution in [0.15, 0.2) is 0 Å². The SMILES string of the molecule is O=C(O)CCCCC(=O)OCCOCCOCCOCCOCCOCCOCCOCCOCCO. The quantitative estimate of drug-likeness (QED) is 0.0911. The summed E-state index contributed by atoms with van der Waals surface area (Å²) >= 11 is 0. The van der Waals surface area contributed by atoms with Crippen LogP contribution in [0.3, 0.4) is 0 Å². The Labute approximate surface area is 219 Å². The molecule has 0 aliphatic rings. The van der Waals surface area contributed by atoms with Crippen molar-refractivity contribution < 1.29 is 62.4 Å². The molecule has 0 aliphatic heterocycles. The molecular formula is C24H46O13. The molecule has 13 nitrogen and oxygen atoms in total. The fraction of sp³-hybridized carbons (Fsp3) is 0.917. The molecule has 0 radical (unpaired) electrons. The van der Waals surface area contributed by atoms with Gasteiger partial charge in [0.1, 0.15) is 6.61 Å². The molecule has 0 aromatic rings. The molecule has 0 bridgehead atoms. The lowest BCUT2D eigenvalue weighted by Gasteiger charge is -2.09. The van der Waals surface area contributed by atoms with Crippen LogP contribution in [0, 0.1) is 0 Å². The van der Waals surface area contributed by atoms with E-state index in [1.807, 2.05) is 0 Å². The fourth-order valence-corrected chi connectivity index (χ4v) is 2.54. The summed E-state index contributed by atoms with van der Waals surface area (Å²) in [5, 5.41) is 17.1. The van der Waals surface area contributed by atoms with E-state index in [1.54, 1.807) is 0 Å². The van der Waals surface area contributed by atoms with Gasteiger partial charge in [-0.25, -0.2) is 0 Å². The second-order valence-corrected chi connectivity index (χ2v) is 7.44. The van der Waals surface area contributed by atoms with Gasteiger partial charge >= 0.3 is 11.9 Å². The molecule has 13 heteroatoms. The van der Waals surface area contributed by atoms with Gasteiger partial charge in [-0.15, -0.1) is 0 Å². The van der Waals surface area contributed by atoms with E-state index in [0.29, 0.717) is 112 Å². The lowest BCUT2D eigenvalue weighted by molar-refractivity contribution is -0.146. The Hall–Kier alpha value is -1.42. The lowest BCUT2D eigenvalue weighted by atomic mass is 10.2. The van der Waals surface area contributed by atoms with Crippen molar-refractivity contribution >= 4 is 11.9 Å². The summed E-state index contributed by atoms with van der Waals surface area (Å²) in [4.78, 5) is 21.8. The Morgan fingerprint density at radius 3 is 1.05 bits per heavy atom. The van der Waals surface area contributed by atoms with Crippen LogP contribution >= 0.6 is 0 Å². The molecule has 220 valence electrons. The van der Waals surface area contributed by atoms with E-state index in [2.05, 4.69) is 0 Å². The number of aliphatic hydroxyl groups excluding tert-OH is 1. The Morgan fingerprint density at radius 2 is 0.730 bits per heavy atom. The number of carboxylic acid groups (broad SMARTS) is 1. The molecule has 0 aromatic heterocycles. The minimum absolute atomic E-state index is 0.0173. The summed E-state index contributed by atoms with van der Waals surface area (Å²) in [6.45, 7) is 7.30. The van der Waals surface area contributed by atoms with Crippen LogP contribution in [0.1, 0.15) is 25.7 Å². The van der Waals surface area contributed by atoms with Crippen molar-refractivity contribution in [1.29, 1.82) is 0 Å². The number of unbranched alkanes of at least 4 members (excludes halogenated alkanes) is 1. The van der Waals surface area contributed by atoms with Crippen molar-refractivity contribution in [2.24, 2.45) is 0 Å². The second kappa shape index (κ2) is 30.8. The van der Waals surface area contributed by atoms with Crippen molar-refractivity contribution in [3.8, 4) is 0 Å². The van der Waals surface area contributed by atoms with E-state index in [1.165, 1.54) is 0 Å². The van der Waals surface area contributed by atoms with Gasteiger partial charge in [0.25, 0.3) is 0 Å². The highest BCUT2D eigenvalue weighted by Crippen LogP contribution is 2.01. The Kier molecular flexibility index (Phi) is 29.6. The van der Waals surface area contributed by atoms with Gasteiger partial charge in [-0.05, 0) is 12.8 Å². The molecule has 0 saturated carbocycles. The maximum Gasteiger partial charge on any atom is 0.305 e. The smallest absolute Gasteiger partial charge is 0.305 e. The first-order valence-corrected chi connectivity index (χ1v) is 12.8. The van der Waals surface area contributed by atoms with Gasteiger partial charge in [-0.3, -0.25) is 9.59 Å². The third kappa shape index (κ3) is 32.6. The van der Waals surface area contributed by atoms with Gasteiger partial charge < -0.3 is 52.8 Å². The van der Waals surface area contributed by atoms with Gasteiger partial charge in [0.05, 0.1) is 112 Å². The topological polar surface area (TPSA) is 158 Å². The predicted molar refractivity (Wildman–Crippen MR) is 131 cm³/mol. The van der Waals surface area contributed by atoms with Gasteiger partial charge in [-0.1, -0.05) is 0 Å². The molecule has 0 atom stereocenters. The highest BCUT2D eigenvalue weighted by atomic mass is 16.6. The van der Waals surface area contributed by atoms with Crippen molar-refractivity contribution in [3.63, 3.8) is 0 Å². The fourth-order valence-electron chi connectivity index (χ4n) is 2.54. The zero-order valence-corrected chi connectivity index (χ0v) is 21.9. The molecule has 0 spiro atoms. The zero-order chi connectivity index (χ0) is 27.1. The van der Waals surface area contributed by atoms with Crippen molar-refractivity contribution in [2.45, 2.75) is 25.7 Å². The van der Waals surface area contributed by atoms with E-state index in [-0.39, 0.29) is 38.6 Å². The zero-order valence-electron chi connectivity index (χ0n) is 21.9. The summed E-state index contributed by atoms with van der Waals surface area (Å²) in [5.74, 6) is -1.21. The Bertz CT molecular complexity index is 493. The minimum atomic E-state index is -0.863. The maximum atomic E-state index is 11.4. The number of hydrogen-bond donors (Lipinski definition) is 2. The number of ether oxygens (including phenoxy) is 9. The van der Waals surface area contributed by atoms with Crippen LogP contribution < -0.4 is 0 Å². The summed E-state index contributed by atoms with van der Waals surface area (Å²) < 4.78 is 47.6. The molecular weight excluding hydrogens is 496 g/mol. The van der Waals surface area contributed by atoms with Crippen molar-refractivity contribution in [2.75, 3.05) is 119 Å². The monoisotopic (exact) mass is 542 g/mol. The highest BCUT2D eigenvalue weighted by Gasteiger charge is 2.04. The molecule has 0 unspecified atom stereocenters. The summed E-state index contributed by atoms with van der Waals surface area (Å²) in [6.07, 6.45) is 1.24. The number of aliphatic carboxylic acids is 1. The lowest BCUT2D eigenvalue weighted by Crippen LogP contribution is -2.15. The molecule has 37 heavy (non-hydrogen) atoms. The van der Waals surface area contributed by atoms with E-state index >= 15 is 0 Å². The number of hydrogen-bond acceptors (Lipinski definition) is 12. The van der Waals surface area contributed by atoms with Crippen LogP contribution in [0.2, 0.25) is 0 Å². The van der Waals surface area contributed by atoms with Gasteiger partial charge in [0, 0.05) is 12.8 Å². The molecule has 0 amide bonds. The van der Waals surface area contributed by atoms with Crippen LogP contribution in [-0.2, 0) is 52.2 Å². The van der Waals surface area contributed by atoms with E-state index in [4.69, 9.17) is 52.8 Å². The highest BCUT2D eigenvalue weighted by molar-refractivity contribution is 5.69. The Morgan fingerprint density at radius 1 is 0.432 bits per heavy atom. The minimum Gasteiger partial charge on any atom is -0.481 e. The van der Waals surface area contributed by atoms with E-state index < -0.39 is 5.97 Å². The first kappa shape index (κ1) is 35.6. The predicted octanol–water partition coefficient (Wildman–Crippen LogP) is 0.300. The molecule has 0 rings (SSSR count). The summed E-state index contributed by atoms with van der Waals surface area (Å²) in [7, 11) is 0. The molecule has 0 heterocycles. The average Bonchev–Trinajstić information content (AvgIpc) is 2.88. The van der Waals surface area contributed by atoms with Crippen molar-refractivity contribution in [1.82, 2.24) is 0 Å². The summed E-state index contributed by atoms with van der Waals surface area (Å²) in [6, 6.07) is 0. The van der Waals surface area contributed by atoms with Gasteiger partial charge in [-0.2, -0.15) is 0 Å². The standard InChI is InChI=1S/C24H46O13/c25-5-6-29-7-8-30-9-10-31-11-12-32-13-14-33-15-16-34-17-18-35-19-20-36-21-22-37-24(28)4-2-1-3-23(26)27/h25H,1-22H2,(H,26,27). The molecule has 0 aromatic carbocycles. The number of esters is 1. The van der Waals surface area contributed by atoms with Crippen molar-refractivity contribution in [3.05, 3.63) is 0 Å². The maximum absolute atomic E-state index is 11.4. The third-order valence-corrected chi connectivity index (χ3v) is 4.35. The van der Waals surface area contributed by atoms with Gasteiger partial charge in [0.2, 0.25) is 0 Å². The number of carbonyl (C=O) groups is 2. The van der Waals surface area contributed by atoms with Crippen LogP contribution in [0.5, 0.6) is 0 Å². The van der Waals surface area contributed by atoms with E-state index in [9.17, 15) is 9.59 Å². The number of carbonyl (C=O) groups excluding carboxylic acids is 1. The molecule has 0 fully saturated rings. The molecule has 0 saturated heterocycles. The van der Waals surface area contributed by atoms with Crippen LogP contribution in [-0.4, -0.2) is 141 Å². The normalized spacial score (nSPS) is 11.2. The van der Waals surface area contributed by atoms with Crippen LogP contribution in [0.4, 0.5) is 0 Å². The average molecular weight is 543 g/mol. The second-order valence-electron chi connectivity index (χ2n) is 7.44. The third-order valence-electron chi connectivity index (χ3n) is 4.35. The Balaban J connectivity index is 3.09. The molecule has 2 N–H and O–H groups in total. The first-order valence-electron chi connectivity index (χ1n) is 12.8.